The zero-order chi connectivity index (χ0) is 42.6. The minimum atomic E-state index is -3.12. The van der Waals surface area contributed by atoms with E-state index in [1.807, 2.05) is 48.5 Å². The van der Waals surface area contributed by atoms with Crippen LogP contribution in [0.4, 0.5) is 0 Å². The molecule has 0 spiro atoms. The average Bonchev–Trinajstić information content (AvgIpc) is 3.20. The van der Waals surface area contributed by atoms with E-state index in [-0.39, 0.29) is 29.1 Å². The first-order chi connectivity index (χ1) is 26.9. The number of nitrogens with one attached hydrogen (secondary N) is 1. The molecule has 22 heteroatoms. The molecule has 318 valence electrons. The number of hydrazone groups is 1. The van der Waals surface area contributed by atoms with E-state index >= 15 is 0 Å². The number of methoxy groups -OCH3 is 4. The normalized spacial score (nSPS) is 14.0. The van der Waals surface area contributed by atoms with Gasteiger partial charge in [0.2, 0.25) is 0 Å². The van der Waals surface area contributed by atoms with Crippen molar-refractivity contribution in [2.24, 2.45) is 11.0 Å². The summed E-state index contributed by atoms with van der Waals surface area (Å²) in [4.78, 5) is 46.1. The summed E-state index contributed by atoms with van der Waals surface area (Å²) in [5, 5.41) is 17.4. The lowest BCUT2D eigenvalue weighted by Crippen LogP contribution is -2.50. The molecule has 2 rings (SSSR count). The maximum Gasteiger partial charge on any atom is 0.504 e. The molecule has 1 aromatic heterocycles. The largest absolute Gasteiger partial charge is 0.504 e. The van der Waals surface area contributed by atoms with Crippen molar-refractivity contribution in [3.63, 3.8) is 0 Å². The number of ether oxygens (including phenoxy) is 4. The summed E-state index contributed by atoms with van der Waals surface area (Å²) in [6.07, 6.45) is 5.76. The highest BCUT2D eigenvalue weighted by Crippen LogP contribution is 2.33. The third-order valence-electron chi connectivity index (χ3n) is 7.15. The predicted molar refractivity (Wildman–Crippen MR) is 206 cm³/mol. The van der Waals surface area contributed by atoms with Crippen LogP contribution in [0.15, 0.2) is 28.5 Å². The summed E-state index contributed by atoms with van der Waals surface area (Å²) in [5.41, 5.74) is 3.67. The van der Waals surface area contributed by atoms with Crippen molar-refractivity contribution in [3.05, 3.63) is 35.1 Å². The van der Waals surface area contributed by atoms with Gasteiger partial charge in [-0.2, -0.15) is 5.10 Å². The van der Waals surface area contributed by atoms with Crippen molar-refractivity contribution in [1.82, 2.24) is 25.8 Å². The molecule has 1 unspecified atom stereocenters. The SMILES string of the molecule is CC/C=C\C[Si](OCC)(OCC)OCC.CCO[Si](CC1C(C(=O)OC)=NNC(C(=O)OC)=C1CC)(OCC)OCC.COC(=O)c1nnc(C(=O)OC)nn1. The molecule has 1 atom stereocenters. The van der Waals surface area contributed by atoms with Gasteiger partial charge in [-0.1, -0.05) is 26.0 Å². The second-order valence-corrected chi connectivity index (χ2v) is 16.0. The van der Waals surface area contributed by atoms with E-state index in [2.05, 4.69) is 59.5 Å². The van der Waals surface area contributed by atoms with Crippen LogP contribution >= 0.6 is 0 Å². The van der Waals surface area contributed by atoms with Crippen molar-refractivity contribution in [2.75, 3.05) is 68.1 Å². The summed E-state index contributed by atoms with van der Waals surface area (Å²) < 4.78 is 53.2. The summed E-state index contributed by atoms with van der Waals surface area (Å²) in [6.45, 7) is 18.6. The van der Waals surface area contributed by atoms with E-state index in [1.165, 1.54) is 28.4 Å². The van der Waals surface area contributed by atoms with Crippen LogP contribution < -0.4 is 5.43 Å². The molecular weight excluding hydrogens is 773 g/mol. The Morgan fingerprint density at radius 2 is 0.964 bits per heavy atom. The maximum absolute atomic E-state index is 12.3. The molecule has 0 radical (unpaired) electrons. The zero-order valence-corrected chi connectivity index (χ0v) is 36.8. The Hall–Kier alpha value is -4.04. The highest BCUT2D eigenvalue weighted by atomic mass is 28.4. The summed E-state index contributed by atoms with van der Waals surface area (Å²) in [7, 11) is -0.632. The topological polar surface area (TPSA) is 237 Å². The van der Waals surface area contributed by atoms with Crippen LogP contribution in [0.3, 0.4) is 0 Å². The molecule has 20 nitrogen and oxygen atoms in total. The summed E-state index contributed by atoms with van der Waals surface area (Å²) in [5.74, 6) is -3.88. The van der Waals surface area contributed by atoms with Crippen LogP contribution in [-0.2, 0) is 55.1 Å². The lowest BCUT2D eigenvalue weighted by molar-refractivity contribution is -0.137. The van der Waals surface area contributed by atoms with Crippen molar-refractivity contribution in [1.29, 1.82) is 0 Å². The Kier molecular flexibility index (Phi) is 27.1. The number of carbonyl (C=O) groups excluding carboxylic acids is 4. The molecule has 1 N–H and O–H groups in total. The monoisotopic (exact) mass is 832 g/mol. The first-order valence-corrected chi connectivity index (χ1v) is 22.2. The van der Waals surface area contributed by atoms with E-state index in [4.69, 9.17) is 36.0 Å². The van der Waals surface area contributed by atoms with Crippen molar-refractivity contribution >= 4 is 47.2 Å². The molecule has 0 saturated carbocycles. The molecular formula is C34H60N6O14Si2. The fourth-order valence-corrected chi connectivity index (χ4v) is 10.2. The number of carbonyl (C=O) groups is 4. The number of hydrogen-bond donors (Lipinski definition) is 1. The van der Waals surface area contributed by atoms with Crippen LogP contribution in [0.5, 0.6) is 0 Å². The van der Waals surface area contributed by atoms with E-state index in [1.54, 1.807) is 0 Å². The third-order valence-corrected chi connectivity index (χ3v) is 13.2. The number of aromatic nitrogens is 4. The van der Waals surface area contributed by atoms with Gasteiger partial charge in [-0.05, 0) is 60.0 Å². The van der Waals surface area contributed by atoms with Crippen LogP contribution in [-0.4, -0.2) is 136 Å². The second-order valence-electron chi connectivity index (χ2n) is 10.7. The molecule has 1 aliphatic rings. The molecule has 0 fully saturated rings. The van der Waals surface area contributed by atoms with E-state index in [0.29, 0.717) is 51.6 Å². The van der Waals surface area contributed by atoms with Gasteiger partial charge in [0.1, 0.15) is 5.70 Å². The van der Waals surface area contributed by atoms with Crippen molar-refractivity contribution < 1.29 is 64.7 Å². The first-order valence-electron chi connectivity index (χ1n) is 18.3. The van der Waals surface area contributed by atoms with Gasteiger partial charge < -0.3 is 45.5 Å². The molecule has 1 aromatic rings. The molecule has 0 bridgehead atoms. The van der Waals surface area contributed by atoms with E-state index in [9.17, 15) is 19.2 Å². The molecule has 1 aliphatic heterocycles. The minimum absolute atomic E-state index is 0.151. The second kappa shape index (κ2) is 29.2. The van der Waals surface area contributed by atoms with Gasteiger partial charge >= 0.3 is 41.5 Å². The molecule has 0 aromatic carbocycles. The fourth-order valence-electron chi connectivity index (χ4n) is 4.96. The van der Waals surface area contributed by atoms with Crippen LogP contribution in [0, 0.1) is 5.92 Å². The summed E-state index contributed by atoms with van der Waals surface area (Å²) >= 11 is 0. The molecule has 56 heavy (non-hydrogen) atoms. The van der Waals surface area contributed by atoms with Crippen LogP contribution in [0.2, 0.25) is 12.1 Å². The van der Waals surface area contributed by atoms with E-state index in [0.717, 1.165) is 12.5 Å². The number of nitrogens with zero attached hydrogens (tertiary/aromatic N) is 5. The average molecular weight is 833 g/mol. The molecule has 2 heterocycles. The number of rotatable bonds is 22. The van der Waals surface area contributed by atoms with Gasteiger partial charge in [0.05, 0.1) is 28.4 Å². The molecule has 0 saturated heterocycles. The standard InChI is InChI=1S/C17H30N2O7Si.C11H24O3Si.C6H6N4O4/c1-7-12-13(11-27(24-8-2,25-9-3)26-10-4)15(17(21)23-6)19-18-14(12)16(20)22-5;1-5-9-10-11-15(12-6-2,13-7-3)14-8-4;1-13-5(11)3-7-9-4(10-8-3)6(12)14-2/h13,18H,7-11H2,1-6H3;9-10H,5-8,11H2,1-4H3;1-2H3/b;10-9-;. The third kappa shape index (κ3) is 17.0. The Morgan fingerprint density at radius 1 is 0.571 bits per heavy atom. The van der Waals surface area contributed by atoms with Gasteiger partial charge in [-0.3, -0.25) is 5.43 Å². The Balaban J connectivity index is 0.000000883. The van der Waals surface area contributed by atoms with Gasteiger partial charge in [0, 0.05) is 57.6 Å². The lowest BCUT2D eigenvalue weighted by atomic mass is 9.90. The van der Waals surface area contributed by atoms with Crippen molar-refractivity contribution in [2.45, 2.75) is 80.3 Å². The summed E-state index contributed by atoms with van der Waals surface area (Å²) in [6, 6.07) is 1.04. The quantitative estimate of drug-likeness (QED) is 0.0762. The Labute approximate surface area is 331 Å². The zero-order valence-electron chi connectivity index (χ0n) is 34.8. The van der Waals surface area contributed by atoms with Crippen LogP contribution in [0.1, 0.15) is 89.5 Å². The predicted octanol–water partition coefficient (Wildman–Crippen LogP) is 3.46. The molecule has 0 amide bonds. The van der Waals surface area contributed by atoms with E-state index < -0.39 is 47.4 Å². The van der Waals surface area contributed by atoms with Gasteiger partial charge in [0.15, 0.2) is 5.71 Å². The number of allylic oxidation sites excluding steroid dienone is 3. The minimum Gasteiger partial charge on any atom is -0.464 e. The highest BCUT2D eigenvalue weighted by molar-refractivity contribution is 6.62. The van der Waals surface area contributed by atoms with Gasteiger partial charge in [-0.15, -0.1) is 20.4 Å². The van der Waals surface area contributed by atoms with Gasteiger partial charge in [-0.25, -0.2) is 19.2 Å². The first kappa shape index (κ1) is 52.0. The Morgan fingerprint density at radius 3 is 1.30 bits per heavy atom. The fraction of sp³-hybridized carbons (Fsp3) is 0.676. The van der Waals surface area contributed by atoms with Crippen LogP contribution in [0.25, 0.3) is 0 Å². The number of hydrogen-bond acceptors (Lipinski definition) is 20. The maximum atomic E-state index is 12.3. The lowest BCUT2D eigenvalue weighted by Gasteiger charge is -2.34. The number of esters is 4. The van der Waals surface area contributed by atoms with Crippen molar-refractivity contribution in [3.8, 4) is 0 Å². The Bertz CT molecular complexity index is 1360. The smallest absolute Gasteiger partial charge is 0.464 e. The molecule has 0 aliphatic carbocycles. The van der Waals surface area contributed by atoms with Gasteiger partial charge in [0.25, 0.3) is 11.6 Å². The highest BCUT2D eigenvalue weighted by Gasteiger charge is 2.48.